The maximum Gasteiger partial charge on any atom is 0.190 e. The molecule has 0 fully saturated rings. The van der Waals surface area contributed by atoms with Gasteiger partial charge >= 0.3 is 0 Å². The molecule has 0 N–H and O–H groups in total. The van der Waals surface area contributed by atoms with E-state index in [0.717, 1.165) is 5.56 Å². The fraction of sp³-hybridized carbons (Fsp3) is 0.0625. The molecule has 22 heavy (non-hydrogen) atoms. The first-order valence-corrected chi connectivity index (χ1v) is 6.90. The van der Waals surface area contributed by atoms with Crippen LogP contribution in [0.5, 0.6) is 0 Å². The summed E-state index contributed by atoms with van der Waals surface area (Å²) in [6.07, 6.45) is 0. The zero-order valence-electron chi connectivity index (χ0n) is 11.4. The molecule has 3 aromatic rings. The summed E-state index contributed by atoms with van der Waals surface area (Å²) in [4.78, 5) is 0. The second kappa shape index (κ2) is 5.96. The van der Waals surface area contributed by atoms with E-state index in [9.17, 15) is 9.65 Å². The third-order valence-electron chi connectivity index (χ3n) is 3.22. The highest BCUT2D eigenvalue weighted by Gasteiger charge is 2.16. The molecule has 1 aromatic heterocycles. The number of hydrogen-bond donors (Lipinski definition) is 0. The van der Waals surface area contributed by atoms with Gasteiger partial charge < -0.3 is 0 Å². The summed E-state index contributed by atoms with van der Waals surface area (Å²) in [5.41, 5.74) is 2.02. The van der Waals surface area contributed by atoms with Crippen LogP contribution in [-0.4, -0.2) is 15.0 Å². The van der Waals surface area contributed by atoms with Crippen LogP contribution in [-0.2, 0) is 6.54 Å². The highest BCUT2D eigenvalue weighted by Crippen LogP contribution is 2.25. The summed E-state index contributed by atoms with van der Waals surface area (Å²) in [6.45, 7) is 0.347. The molecule has 1 heterocycles. The van der Waals surface area contributed by atoms with Crippen molar-refractivity contribution in [1.82, 2.24) is 15.0 Å². The second-order valence-corrected chi connectivity index (χ2v) is 5.07. The van der Waals surface area contributed by atoms with Gasteiger partial charge in [-0.15, -0.1) is 5.10 Å². The Morgan fingerprint density at radius 2 is 2.00 bits per heavy atom. The van der Waals surface area contributed by atoms with Crippen molar-refractivity contribution in [3.8, 4) is 17.3 Å². The average Bonchev–Trinajstić information content (AvgIpc) is 2.92. The quantitative estimate of drug-likeness (QED) is 0.741. The normalized spacial score (nSPS) is 10.4. The van der Waals surface area contributed by atoms with Crippen LogP contribution in [0, 0.1) is 17.1 Å². The minimum atomic E-state index is -0.383. The van der Waals surface area contributed by atoms with Gasteiger partial charge in [-0.1, -0.05) is 47.1 Å². The van der Waals surface area contributed by atoms with Gasteiger partial charge in [-0.3, -0.25) is 0 Å². The maximum atomic E-state index is 13.5. The average molecular weight is 313 g/mol. The highest BCUT2D eigenvalue weighted by atomic mass is 35.5. The van der Waals surface area contributed by atoms with Crippen molar-refractivity contribution in [3.63, 3.8) is 0 Å². The van der Waals surface area contributed by atoms with Crippen LogP contribution in [0.3, 0.4) is 0 Å². The molecule has 0 radical (unpaired) electrons. The Bertz CT molecular complexity index is 867. The molecule has 0 aliphatic rings. The summed E-state index contributed by atoms with van der Waals surface area (Å²) >= 11 is 6.15. The largest absolute Gasteiger partial charge is 0.239 e. The van der Waals surface area contributed by atoms with Gasteiger partial charge in [0.25, 0.3) is 0 Å². The summed E-state index contributed by atoms with van der Waals surface area (Å²) in [7, 11) is 0. The Morgan fingerprint density at radius 1 is 1.18 bits per heavy atom. The Morgan fingerprint density at radius 3 is 2.73 bits per heavy atom. The molecule has 0 saturated heterocycles. The van der Waals surface area contributed by atoms with Gasteiger partial charge in [0.05, 0.1) is 6.54 Å². The molecule has 108 valence electrons. The predicted molar refractivity (Wildman–Crippen MR) is 80.7 cm³/mol. The molecule has 0 atom stereocenters. The molecule has 0 unspecified atom stereocenters. The number of benzene rings is 2. The minimum Gasteiger partial charge on any atom is -0.239 e. The van der Waals surface area contributed by atoms with E-state index < -0.39 is 0 Å². The Balaban J connectivity index is 2.09. The lowest BCUT2D eigenvalue weighted by Gasteiger charge is -2.08. The Hall–Kier alpha value is -2.71. The van der Waals surface area contributed by atoms with Gasteiger partial charge in [0.2, 0.25) is 0 Å². The standard InChI is InChI=1S/C16H10ClFN4/c17-14-7-2-1-4-12(14)10-22-16(15(9-19)20-21-22)11-5-3-6-13(18)8-11/h1-8H,10H2. The van der Waals surface area contributed by atoms with Gasteiger partial charge in [-0.25, -0.2) is 9.07 Å². The van der Waals surface area contributed by atoms with E-state index in [1.165, 1.54) is 12.1 Å². The van der Waals surface area contributed by atoms with E-state index >= 15 is 0 Å². The van der Waals surface area contributed by atoms with E-state index in [0.29, 0.717) is 22.8 Å². The number of hydrogen-bond acceptors (Lipinski definition) is 3. The first-order chi connectivity index (χ1) is 10.7. The summed E-state index contributed by atoms with van der Waals surface area (Å²) in [5.74, 6) is -0.383. The topological polar surface area (TPSA) is 54.5 Å². The molecule has 0 aliphatic heterocycles. The third-order valence-corrected chi connectivity index (χ3v) is 3.59. The van der Waals surface area contributed by atoms with Gasteiger partial charge in [-0.2, -0.15) is 5.26 Å². The molecule has 0 saturated carbocycles. The zero-order chi connectivity index (χ0) is 15.5. The molecule has 0 aliphatic carbocycles. The first-order valence-electron chi connectivity index (χ1n) is 6.52. The van der Waals surface area contributed by atoms with Crippen molar-refractivity contribution in [3.05, 3.63) is 70.6 Å². The highest BCUT2D eigenvalue weighted by molar-refractivity contribution is 6.31. The predicted octanol–water partition coefficient (Wildman–Crippen LogP) is 3.66. The van der Waals surface area contributed by atoms with E-state index in [1.807, 2.05) is 24.3 Å². The molecule has 3 rings (SSSR count). The fourth-order valence-corrected chi connectivity index (χ4v) is 2.40. The van der Waals surface area contributed by atoms with E-state index in [-0.39, 0.29) is 11.5 Å². The number of aromatic nitrogens is 3. The van der Waals surface area contributed by atoms with Gasteiger partial charge in [0.1, 0.15) is 17.6 Å². The number of rotatable bonds is 3. The van der Waals surface area contributed by atoms with Gasteiger partial charge in [-0.05, 0) is 23.8 Å². The molecule has 0 spiro atoms. The van der Waals surface area contributed by atoms with Crippen LogP contribution < -0.4 is 0 Å². The fourth-order valence-electron chi connectivity index (χ4n) is 2.21. The van der Waals surface area contributed by atoms with Gasteiger partial charge in [0.15, 0.2) is 5.69 Å². The molecule has 4 nitrogen and oxygen atoms in total. The number of halogens is 2. The second-order valence-electron chi connectivity index (χ2n) is 4.66. The van der Waals surface area contributed by atoms with Crippen LogP contribution >= 0.6 is 11.6 Å². The number of nitriles is 1. The van der Waals surface area contributed by atoms with Crippen molar-refractivity contribution < 1.29 is 4.39 Å². The lowest BCUT2D eigenvalue weighted by molar-refractivity contribution is 0.626. The first kappa shape index (κ1) is 14.2. The molecular formula is C16H10ClFN4. The smallest absolute Gasteiger partial charge is 0.190 e. The van der Waals surface area contributed by atoms with E-state index in [1.54, 1.807) is 22.9 Å². The lowest BCUT2D eigenvalue weighted by Crippen LogP contribution is -2.05. The Kier molecular flexibility index (Phi) is 3.86. The van der Waals surface area contributed by atoms with Crippen molar-refractivity contribution in [1.29, 1.82) is 5.26 Å². The minimum absolute atomic E-state index is 0.151. The van der Waals surface area contributed by atoms with E-state index in [4.69, 9.17) is 11.6 Å². The third kappa shape index (κ3) is 2.69. The van der Waals surface area contributed by atoms with Crippen LogP contribution in [0.4, 0.5) is 4.39 Å². The SMILES string of the molecule is N#Cc1nnn(Cc2ccccc2Cl)c1-c1cccc(F)c1. The summed E-state index contributed by atoms with van der Waals surface area (Å²) in [6, 6.07) is 15.3. The maximum absolute atomic E-state index is 13.5. The van der Waals surface area contributed by atoms with Crippen LogP contribution in [0.15, 0.2) is 48.5 Å². The molecular weight excluding hydrogens is 303 g/mol. The lowest BCUT2D eigenvalue weighted by atomic mass is 10.1. The monoisotopic (exact) mass is 312 g/mol. The van der Waals surface area contributed by atoms with Crippen LogP contribution in [0.25, 0.3) is 11.3 Å². The van der Waals surface area contributed by atoms with Crippen molar-refractivity contribution >= 4 is 11.6 Å². The summed E-state index contributed by atoms with van der Waals surface area (Å²) < 4.78 is 15.0. The van der Waals surface area contributed by atoms with Crippen LogP contribution in [0.1, 0.15) is 11.3 Å². The van der Waals surface area contributed by atoms with Crippen molar-refractivity contribution in [2.24, 2.45) is 0 Å². The van der Waals surface area contributed by atoms with Crippen LogP contribution in [0.2, 0.25) is 5.02 Å². The molecule has 2 aromatic carbocycles. The molecule has 0 amide bonds. The Labute approximate surface area is 131 Å². The van der Waals surface area contributed by atoms with Gasteiger partial charge in [0, 0.05) is 10.6 Å². The number of nitrogens with zero attached hydrogens (tertiary/aromatic N) is 4. The summed E-state index contributed by atoms with van der Waals surface area (Å²) in [5, 5.41) is 17.6. The van der Waals surface area contributed by atoms with E-state index in [2.05, 4.69) is 10.3 Å². The molecule has 6 heteroatoms. The zero-order valence-corrected chi connectivity index (χ0v) is 12.1. The van der Waals surface area contributed by atoms with Crippen molar-refractivity contribution in [2.45, 2.75) is 6.54 Å². The molecule has 0 bridgehead atoms. The van der Waals surface area contributed by atoms with Crippen molar-refractivity contribution in [2.75, 3.05) is 0 Å².